The van der Waals surface area contributed by atoms with Crippen molar-refractivity contribution >= 4 is 53.4 Å². The maximum absolute atomic E-state index is 5.65. The van der Waals surface area contributed by atoms with E-state index in [1.54, 1.807) is 0 Å². The highest BCUT2D eigenvalue weighted by atomic mass is 32.1. The third-order valence-electron chi connectivity index (χ3n) is 26.8. The summed E-state index contributed by atoms with van der Waals surface area (Å²) in [4.78, 5) is 24.4. The van der Waals surface area contributed by atoms with Crippen molar-refractivity contribution in [1.29, 1.82) is 0 Å². The predicted molar refractivity (Wildman–Crippen MR) is 684 cm³/mol. The topological polar surface area (TPSA) is 45.5 Å². The van der Waals surface area contributed by atoms with Crippen LogP contribution in [0.3, 0.4) is 0 Å². The quantitative estimate of drug-likeness (QED) is 0.0377. The molecule has 3 aliphatic carbocycles. The van der Waals surface area contributed by atoms with Crippen LogP contribution in [0.15, 0.2) is 211 Å². The zero-order valence-electron chi connectivity index (χ0n) is 105. The number of benzene rings is 10. The molecule has 12 heteroatoms. The predicted octanol–water partition coefficient (Wildman–Crippen LogP) is 38.1. The zero-order chi connectivity index (χ0) is 114. The first kappa shape index (κ1) is 147. The van der Waals surface area contributed by atoms with Crippen LogP contribution in [-0.4, -0.2) is 206 Å². The van der Waals surface area contributed by atoms with Crippen molar-refractivity contribution in [3.63, 3.8) is 0 Å². The van der Waals surface area contributed by atoms with Crippen LogP contribution in [0.5, 0.6) is 0 Å². The monoisotopic (exact) mass is 2070 g/mol. The van der Waals surface area contributed by atoms with E-state index in [0.29, 0.717) is 0 Å². The number of rotatable bonds is 36. The Balaban J connectivity index is -0.000000805. The summed E-state index contributed by atoms with van der Waals surface area (Å²) in [5, 5.41) is 5.14. The molecule has 0 bridgehead atoms. The number of furan rings is 1. The van der Waals surface area contributed by atoms with Crippen molar-refractivity contribution < 1.29 is 4.42 Å². The smallest absolute Gasteiger partial charge is 0.135 e. The van der Waals surface area contributed by atoms with E-state index in [0.717, 1.165) is 148 Å². The second kappa shape index (κ2) is 94.5. The van der Waals surface area contributed by atoms with Crippen molar-refractivity contribution in [2.75, 3.05) is 157 Å². The van der Waals surface area contributed by atoms with E-state index in [1.165, 1.54) is 210 Å². The first-order chi connectivity index (χ1) is 72.8. The number of para-hydroxylation sites is 2. The minimum absolute atomic E-state index is 0.962. The van der Waals surface area contributed by atoms with E-state index in [1.807, 2.05) is 186 Å². The summed E-state index contributed by atoms with van der Waals surface area (Å²) >= 11 is 1.86. The van der Waals surface area contributed by atoms with Crippen molar-refractivity contribution in [2.24, 2.45) is 0 Å². The average Bonchev–Trinajstić information content (AvgIpc) is 1.63. The fourth-order valence-corrected chi connectivity index (χ4v) is 18.8. The summed E-state index contributed by atoms with van der Waals surface area (Å²) in [6, 6.07) is 75.9. The zero-order valence-corrected chi connectivity index (χ0v) is 106. The molecule has 149 heavy (non-hydrogen) atoms. The molecule has 15 rings (SSSR count). The van der Waals surface area contributed by atoms with E-state index >= 15 is 0 Å². The van der Waals surface area contributed by atoms with E-state index in [9.17, 15) is 0 Å². The van der Waals surface area contributed by atoms with Crippen LogP contribution in [0, 0.1) is 0 Å². The van der Waals surface area contributed by atoms with Gasteiger partial charge in [0.25, 0.3) is 0 Å². The van der Waals surface area contributed by atoms with Crippen LogP contribution >= 0.6 is 11.3 Å². The lowest BCUT2D eigenvalue weighted by molar-refractivity contribution is 0.296. The van der Waals surface area contributed by atoms with E-state index < -0.39 is 0 Å². The van der Waals surface area contributed by atoms with E-state index in [4.69, 9.17) is 4.42 Å². The second-order valence-corrected chi connectivity index (χ2v) is 35.0. The molecule has 0 spiro atoms. The van der Waals surface area contributed by atoms with Gasteiger partial charge in [0.1, 0.15) is 11.2 Å². The summed E-state index contributed by atoms with van der Waals surface area (Å²) in [6.07, 6.45) is 3.26. The van der Waals surface area contributed by atoms with Gasteiger partial charge in [-0.2, -0.15) is 0 Å². The molecular formula is C137H232N10OS. The van der Waals surface area contributed by atoms with Gasteiger partial charge in [-0.25, -0.2) is 0 Å². The Hall–Kier alpha value is -8.18. The van der Waals surface area contributed by atoms with E-state index in [2.05, 4.69) is 385 Å². The van der Waals surface area contributed by atoms with Gasteiger partial charge in [-0.15, -0.1) is 11.3 Å². The largest absolute Gasteiger partial charge is 0.456 e. The molecule has 0 atom stereocenters. The Labute approximate surface area is 927 Å². The SMILES string of the molecule is CC.CC.CC.CC.CC.CC.CC.CC.CC.CC.CCN(CC)CC.CCN(CC)CC.CCN(CC)CC.CCN(CC)CC.CCN(CC)Cc1ccc2c(c1)-c1cc(CN(CC)CC)ccc1C2.CCN(CC)Cc1ccc2c(c1)Cc1cc(CN(CC)CC)ccc1-2.CCN(CC)Cc1ccc2c(c1)Cc1ccc(CN(CC)CC)cc1-2.c1ccc2c(c1)oc1ccccc12.c1ccc2c(c1)sc1ccccc12. The first-order valence-electron chi connectivity index (χ1n) is 60.5. The van der Waals surface area contributed by atoms with Gasteiger partial charge in [-0.05, 0) is 319 Å². The van der Waals surface area contributed by atoms with Gasteiger partial charge in [0.2, 0.25) is 0 Å². The molecule has 10 aromatic carbocycles. The third kappa shape index (κ3) is 52.1. The van der Waals surface area contributed by atoms with Crippen LogP contribution in [0.25, 0.3) is 75.5 Å². The lowest BCUT2D eigenvalue weighted by Gasteiger charge is -2.19. The average molecular weight is 2070 g/mol. The number of fused-ring (bicyclic) bond motifs is 15. The Morgan fingerprint density at radius 3 is 0.550 bits per heavy atom. The highest BCUT2D eigenvalue weighted by molar-refractivity contribution is 7.25. The highest BCUT2D eigenvalue weighted by Gasteiger charge is 2.24. The van der Waals surface area contributed by atoms with Crippen LogP contribution in [0.4, 0.5) is 0 Å². The van der Waals surface area contributed by atoms with E-state index in [-0.39, 0.29) is 0 Å². The van der Waals surface area contributed by atoms with Crippen molar-refractivity contribution in [2.45, 2.75) is 363 Å². The minimum atomic E-state index is 0.962. The van der Waals surface area contributed by atoms with Gasteiger partial charge < -0.3 is 24.0 Å². The highest BCUT2D eigenvalue weighted by Crippen LogP contribution is 2.42. The molecule has 0 saturated carbocycles. The lowest BCUT2D eigenvalue weighted by Crippen LogP contribution is -2.22. The fraction of sp³-hybridized carbons (Fsp3) is 0.562. The molecule has 0 unspecified atom stereocenters. The molecule has 0 saturated heterocycles. The van der Waals surface area contributed by atoms with Gasteiger partial charge in [0.15, 0.2) is 0 Å². The van der Waals surface area contributed by atoms with Crippen LogP contribution in [0.1, 0.15) is 371 Å². The minimum Gasteiger partial charge on any atom is -0.456 e. The molecule has 11 nitrogen and oxygen atoms in total. The van der Waals surface area contributed by atoms with Crippen molar-refractivity contribution in [3.8, 4) is 33.4 Å². The molecule has 0 fully saturated rings. The molecule has 0 N–H and O–H groups in total. The van der Waals surface area contributed by atoms with Crippen LogP contribution in [0.2, 0.25) is 0 Å². The number of nitrogens with zero attached hydrogens (tertiary/aromatic N) is 10. The number of hydrogen-bond acceptors (Lipinski definition) is 12. The fourth-order valence-electron chi connectivity index (χ4n) is 17.7. The number of thiophene rings is 1. The van der Waals surface area contributed by atoms with Crippen molar-refractivity contribution in [1.82, 2.24) is 49.0 Å². The maximum Gasteiger partial charge on any atom is 0.135 e. The molecule has 0 aliphatic heterocycles. The molecule has 12 aromatic rings. The summed E-state index contributed by atoms with van der Waals surface area (Å²) in [5.74, 6) is 0. The normalized spacial score (nSPS) is 10.7. The van der Waals surface area contributed by atoms with Gasteiger partial charge in [0.05, 0.1) is 0 Å². The Morgan fingerprint density at radius 1 is 0.168 bits per heavy atom. The van der Waals surface area contributed by atoms with Crippen LogP contribution < -0.4 is 0 Å². The number of hydrogen-bond donors (Lipinski definition) is 0. The molecule has 0 amide bonds. The summed E-state index contributed by atoms with van der Waals surface area (Å²) < 4.78 is 8.41. The molecule has 0 radical (unpaired) electrons. The molecular weight excluding hydrogens is 1830 g/mol. The summed E-state index contributed by atoms with van der Waals surface area (Å²) in [6.45, 7) is 127. The molecule has 3 aliphatic rings. The Bertz CT molecular complexity index is 4700. The van der Waals surface area contributed by atoms with Gasteiger partial charge in [-0.3, -0.25) is 29.4 Å². The summed E-state index contributed by atoms with van der Waals surface area (Å²) in [5.41, 5.74) is 28.2. The van der Waals surface area contributed by atoms with Gasteiger partial charge in [-0.1, -0.05) is 468 Å². The molecule has 2 aromatic heterocycles. The van der Waals surface area contributed by atoms with Crippen LogP contribution in [-0.2, 0) is 58.5 Å². The standard InChI is InChI=1S/3C23H32N2.C12H8O.C12H8S.4C6H15N.10C2H6/c1-5-24(6-2)16-18-10-12-22-21(13-18)15-20-11-9-19(14-23(20)22)17-25(7-3)8-4;1-5-24(6-2)16-18-9-11-22-20(13-18)15-21-14-19(10-12-23(21)22)17-25(7-3)8-4;1-5-24(6-2)16-18-9-11-20-15-21-12-10-19(17-25(7-3)8-4)14-23(21)22(20)13-18;2*1-3-7-11-9(5-1)10-6-2-4-8-12(10)13-11;4*1-4-7(5-2)6-3;10*1-2/h3*9-14H,5-8,15-17H2,1-4H3;2*1-8H;4*4-6H2,1-3H3;10*1-2H3. The second-order valence-electron chi connectivity index (χ2n) is 33.9. The lowest BCUT2D eigenvalue weighted by atomic mass is 10.0. The first-order valence-corrected chi connectivity index (χ1v) is 61.3. The Kier molecular flexibility index (Phi) is 93.3. The maximum atomic E-state index is 5.65. The third-order valence-corrected chi connectivity index (χ3v) is 27.9. The Morgan fingerprint density at radius 2 is 0.336 bits per heavy atom. The summed E-state index contributed by atoms with van der Waals surface area (Å²) in [7, 11) is 0. The van der Waals surface area contributed by atoms with Crippen molar-refractivity contribution in [3.05, 3.63) is 273 Å². The van der Waals surface area contributed by atoms with Gasteiger partial charge >= 0.3 is 0 Å². The molecule has 2 heterocycles. The molecule has 842 valence electrons. The van der Waals surface area contributed by atoms with Gasteiger partial charge in [0, 0.05) is 70.2 Å².